The predicted molar refractivity (Wildman–Crippen MR) is 93.0 cm³/mol. The minimum atomic E-state index is -0.283. The van der Waals surface area contributed by atoms with Gasteiger partial charge in [-0.1, -0.05) is 29.6 Å². The van der Waals surface area contributed by atoms with Crippen LogP contribution in [-0.4, -0.2) is 17.5 Å². The molecule has 1 aromatic rings. The van der Waals surface area contributed by atoms with Crippen LogP contribution in [0.4, 0.5) is 5.69 Å². The summed E-state index contributed by atoms with van der Waals surface area (Å²) in [6.07, 6.45) is 5.49. The highest BCUT2D eigenvalue weighted by molar-refractivity contribution is 6.36. The molecule has 23 heavy (non-hydrogen) atoms. The number of halogens is 2. The molecule has 0 bridgehead atoms. The average molecular weight is 356 g/mol. The van der Waals surface area contributed by atoms with Crippen molar-refractivity contribution < 1.29 is 9.59 Å². The van der Waals surface area contributed by atoms with E-state index in [1.165, 1.54) is 6.42 Å². The Bertz CT molecular complexity index is 609. The van der Waals surface area contributed by atoms with Crippen molar-refractivity contribution in [1.82, 2.24) is 5.43 Å². The highest BCUT2D eigenvalue weighted by atomic mass is 35.5. The van der Waals surface area contributed by atoms with Gasteiger partial charge in [-0.25, -0.2) is 5.43 Å². The van der Waals surface area contributed by atoms with Crippen LogP contribution < -0.4 is 10.7 Å². The number of carbonyl (C=O) groups excluding carboxylic acids is 2. The summed E-state index contributed by atoms with van der Waals surface area (Å²) in [5.41, 5.74) is 4.02. The number of hydrogen-bond donors (Lipinski definition) is 2. The number of rotatable bonds is 5. The van der Waals surface area contributed by atoms with E-state index in [2.05, 4.69) is 15.8 Å². The number of nitrogens with one attached hydrogen (secondary N) is 2. The average Bonchev–Trinajstić information content (AvgIpc) is 2.54. The van der Waals surface area contributed by atoms with Gasteiger partial charge in [-0.05, 0) is 43.9 Å². The fraction of sp³-hybridized carbons (Fsp3) is 0.438. The Balaban J connectivity index is 1.74. The van der Waals surface area contributed by atoms with E-state index >= 15 is 0 Å². The van der Waals surface area contributed by atoms with Crippen molar-refractivity contribution >= 4 is 46.4 Å². The molecule has 0 saturated heterocycles. The third-order valence-corrected chi connectivity index (χ3v) is 4.10. The standard InChI is InChI=1S/C16H19Cl2N3O2/c17-11-6-7-14(13(18)10-11)19-15(22)8-9-16(23)21-20-12-4-2-1-3-5-12/h6-7,10H,1-5,8-9H2,(H,19,22)(H,21,23). The van der Waals surface area contributed by atoms with Crippen molar-refractivity contribution in [3.8, 4) is 0 Å². The van der Waals surface area contributed by atoms with Gasteiger partial charge in [0.2, 0.25) is 11.8 Å². The third-order valence-electron chi connectivity index (χ3n) is 3.55. The summed E-state index contributed by atoms with van der Waals surface area (Å²) in [5, 5.41) is 7.63. The van der Waals surface area contributed by atoms with Gasteiger partial charge in [0.1, 0.15) is 0 Å². The second-order valence-corrected chi connectivity index (χ2v) is 6.29. The van der Waals surface area contributed by atoms with Gasteiger partial charge < -0.3 is 5.32 Å². The van der Waals surface area contributed by atoms with Crippen LogP contribution in [-0.2, 0) is 9.59 Å². The van der Waals surface area contributed by atoms with E-state index < -0.39 is 0 Å². The van der Waals surface area contributed by atoms with Gasteiger partial charge in [0, 0.05) is 23.6 Å². The molecule has 0 aliphatic heterocycles. The molecule has 1 saturated carbocycles. The highest BCUT2D eigenvalue weighted by Crippen LogP contribution is 2.25. The zero-order valence-electron chi connectivity index (χ0n) is 12.7. The number of anilines is 1. The lowest BCUT2D eigenvalue weighted by atomic mass is 9.99. The Hall–Kier alpha value is -1.59. The molecule has 2 rings (SSSR count). The van der Waals surface area contributed by atoms with Crippen LogP contribution in [0, 0.1) is 0 Å². The quantitative estimate of drug-likeness (QED) is 0.778. The smallest absolute Gasteiger partial charge is 0.240 e. The topological polar surface area (TPSA) is 70.6 Å². The molecule has 1 aliphatic rings. The Morgan fingerprint density at radius 2 is 1.74 bits per heavy atom. The summed E-state index contributed by atoms with van der Waals surface area (Å²) in [6, 6.07) is 4.80. The van der Waals surface area contributed by atoms with Gasteiger partial charge in [0.15, 0.2) is 0 Å². The maximum Gasteiger partial charge on any atom is 0.240 e. The molecule has 1 aromatic carbocycles. The summed E-state index contributed by atoms with van der Waals surface area (Å²) < 4.78 is 0. The minimum Gasteiger partial charge on any atom is -0.325 e. The second-order valence-electron chi connectivity index (χ2n) is 5.45. The molecule has 1 fully saturated rings. The summed E-state index contributed by atoms with van der Waals surface area (Å²) >= 11 is 11.8. The van der Waals surface area contributed by atoms with E-state index in [0.717, 1.165) is 31.4 Å². The molecule has 124 valence electrons. The molecule has 1 aliphatic carbocycles. The van der Waals surface area contributed by atoms with Gasteiger partial charge in [0.05, 0.1) is 10.7 Å². The molecule has 0 spiro atoms. The zero-order valence-corrected chi connectivity index (χ0v) is 14.2. The highest BCUT2D eigenvalue weighted by Gasteiger charge is 2.10. The van der Waals surface area contributed by atoms with Crippen LogP contribution in [0.5, 0.6) is 0 Å². The fourth-order valence-corrected chi connectivity index (χ4v) is 2.76. The first-order valence-electron chi connectivity index (χ1n) is 7.64. The number of hydrazone groups is 1. The molecule has 2 amide bonds. The Morgan fingerprint density at radius 3 is 2.43 bits per heavy atom. The maximum atomic E-state index is 11.8. The van der Waals surface area contributed by atoms with Gasteiger partial charge in [0.25, 0.3) is 0 Å². The predicted octanol–water partition coefficient (Wildman–Crippen LogP) is 4.15. The largest absolute Gasteiger partial charge is 0.325 e. The Morgan fingerprint density at radius 1 is 1.04 bits per heavy atom. The first-order chi connectivity index (χ1) is 11.0. The first kappa shape index (κ1) is 17.8. The van der Waals surface area contributed by atoms with Crippen molar-refractivity contribution in [3.05, 3.63) is 28.2 Å². The van der Waals surface area contributed by atoms with Crippen molar-refractivity contribution in [1.29, 1.82) is 0 Å². The lowest BCUT2D eigenvalue weighted by Crippen LogP contribution is -2.22. The van der Waals surface area contributed by atoms with Gasteiger partial charge >= 0.3 is 0 Å². The molecule has 2 N–H and O–H groups in total. The van der Waals surface area contributed by atoms with E-state index in [1.807, 2.05) is 0 Å². The normalized spacial score (nSPS) is 14.3. The van der Waals surface area contributed by atoms with Crippen LogP contribution in [0.1, 0.15) is 44.9 Å². The molecule has 0 atom stereocenters. The molecule has 5 nitrogen and oxygen atoms in total. The lowest BCUT2D eigenvalue weighted by Gasteiger charge is -2.12. The van der Waals surface area contributed by atoms with Crippen molar-refractivity contribution in [3.63, 3.8) is 0 Å². The van der Waals surface area contributed by atoms with E-state index in [0.29, 0.717) is 15.7 Å². The number of carbonyl (C=O) groups is 2. The maximum absolute atomic E-state index is 11.8. The first-order valence-corrected chi connectivity index (χ1v) is 8.39. The third kappa shape index (κ3) is 6.20. The number of nitrogens with zero attached hydrogens (tertiary/aromatic N) is 1. The van der Waals surface area contributed by atoms with Crippen molar-refractivity contribution in [2.45, 2.75) is 44.9 Å². The van der Waals surface area contributed by atoms with Gasteiger partial charge in [-0.3, -0.25) is 9.59 Å². The van der Waals surface area contributed by atoms with E-state index in [-0.39, 0.29) is 24.7 Å². The van der Waals surface area contributed by atoms with Gasteiger partial charge in [-0.15, -0.1) is 0 Å². The lowest BCUT2D eigenvalue weighted by molar-refractivity contribution is -0.124. The van der Waals surface area contributed by atoms with Crippen LogP contribution in [0.15, 0.2) is 23.3 Å². The summed E-state index contributed by atoms with van der Waals surface area (Å²) in [6.45, 7) is 0. The Labute approximate surface area is 145 Å². The van der Waals surface area contributed by atoms with Crippen LogP contribution in [0.25, 0.3) is 0 Å². The van der Waals surface area contributed by atoms with Gasteiger partial charge in [-0.2, -0.15) is 5.10 Å². The molecule has 0 radical (unpaired) electrons. The molecular weight excluding hydrogens is 337 g/mol. The SMILES string of the molecule is O=C(CCC(=O)Nc1ccc(Cl)cc1Cl)NN=C1CCCCC1. The number of hydrogen-bond acceptors (Lipinski definition) is 3. The summed E-state index contributed by atoms with van der Waals surface area (Å²) in [5.74, 6) is -0.546. The molecule has 0 heterocycles. The Kier molecular flexibility index (Phi) is 6.86. The molecule has 7 heteroatoms. The number of benzene rings is 1. The molecule has 0 unspecified atom stereocenters. The van der Waals surface area contributed by atoms with Crippen LogP contribution in [0.2, 0.25) is 10.0 Å². The zero-order chi connectivity index (χ0) is 16.7. The van der Waals surface area contributed by atoms with E-state index in [4.69, 9.17) is 23.2 Å². The number of amides is 2. The minimum absolute atomic E-state index is 0.0651. The van der Waals surface area contributed by atoms with E-state index in [9.17, 15) is 9.59 Å². The summed E-state index contributed by atoms with van der Waals surface area (Å²) in [7, 11) is 0. The van der Waals surface area contributed by atoms with Crippen molar-refractivity contribution in [2.24, 2.45) is 5.10 Å². The van der Waals surface area contributed by atoms with E-state index in [1.54, 1.807) is 18.2 Å². The van der Waals surface area contributed by atoms with Crippen LogP contribution >= 0.6 is 23.2 Å². The monoisotopic (exact) mass is 355 g/mol. The molecule has 0 aromatic heterocycles. The van der Waals surface area contributed by atoms with Crippen molar-refractivity contribution in [2.75, 3.05) is 5.32 Å². The second kappa shape index (κ2) is 8.89. The van der Waals surface area contributed by atoms with Crippen LogP contribution in [0.3, 0.4) is 0 Å². The molecular formula is C16H19Cl2N3O2. The fourth-order valence-electron chi connectivity index (χ4n) is 2.30. The summed E-state index contributed by atoms with van der Waals surface area (Å²) in [4.78, 5) is 23.6.